The van der Waals surface area contributed by atoms with Crippen LogP contribution in [0.15, 0.2) is 71.9 Å². The molecule has 0 radical (unpaired) electrons. The zero-order valence-corrected chi connectivity index (χ0v) is 22.2. The van der Waals surface area contributed by atoms with Crippen LogP contribution in [0.2, 0.25) is 0 Å². The average molecular weight is 534 g/mol. The van der Waals surface area contributed by atoms with Gasteiger partial charge in [0.15, 0.2) is 0 Å². The Kier molecular flexibility index (Phi) is 13.5. The van der Waals surface area contributed by atoms with Crippen molar-refractivity contribution in [2.75, 3.05) is 20.3 Å². The van der Waals surface area contributed by atoms with Crippen LogP contribution in [-0.2, 0) is 11.2 Å². The summed E-state index contributed by atoms with van der Waals surface area (Å²) in [4.78, 5) is 24.9. The molecule has 0 bridgehead atoms. The molecule has 0 spiro atoms. The Morgan fingerprint density at radius 3 is 2.50 bits per heavy atom. The van der Waals surface area contributed by atoms with Gasteiger partial charge in [-0.15, -0.1) is 0 Å². The third kappa shape index (κ3) is 9.81. The molecule has 2 heterocycles. The Labute approximate surface area is 221 Å². The quantitative estimate of drug-likeness (QED) is 0.133. The first-order valence-electron chi connectivity index (χ1n) is 11.9. The van der Waals surface area contributed by atoms with E-state index in [1.54, 1.807) is 26.2 Å². The van der Waals surface area contributed by atoms with E-state index in [0.29, 0.717) is 23.3 Å². The maximum Gasteiger partial charge on any atom is 0.415 e. The van der Waals surface area contributed by atoms with Crippen molar-refractivity contribution in [1.82, 2.24) is 15.0 Å². The minimum absolute atomic E-state index is 0.0858. The van der Waals surface area contributed by atoms with Crippen molar-refractivity contribution in [1.29, 1.82) is 0 Å². The molecule has 0 unspecified atom stereocenters. The van der Waals surface area contributed by atoms with Crippen LogP contribution in [-0.4, -0.2) is 53.6 Å². The monoisotopic (exact) mass is 533 g/mol. The second kappa shape index (κ2) is 16.0. The first-order valence-corrected chi connectivity index (χ1v) is 11.9. The van der Waals surface area contributed by atoms with Gasteiger partial charge in [-0.05, 0) is 43.7 Å². The number of halogens is 3. The Hall–Kier alpha value is -3.99. The second-order valence-corrected chi connectivity index (χ2v) is 7.38. The number of nitrogens with two attached hydrogens (primary N) is 1. The molecule has 0 aliphatic rings. The molecule has 0 saturated carbocycles. The summed E-state index contributed by atoms with van der Waals surface area (Å²) in [5.74, 6) is 5.40. The van der Waals surface area contributed by atoms with Gasteiger partial charge in [0.1, 0.15) is 5.56 Å². The molecule has 2 aromatic rings. The number of pyridine rings is 2. The maximum atomic E-state index is 12.7. The number of hydrogen-bond donors (Lipinski definition) is 1. The molecule has 2 aromatic heterocycles. The molecule has 0 fully saturated rings. The molecule has 2 rings (SSSR count). The Morgan fingerprint density at radius 2 is 1.92 bits per heavy atom. The van der Waals surface area contributed by atoms with Crippen LogP contribution in [0.3, 0.4) is 0 Å². The lowest BCUT2D eigenvalue weighted by Gasteiger charge is -2.19. The lowest BCUT2D eigenvalue weighted by Crippen LogP contribution is -2.24. The van der Waals surface area contributed by atoms with Gasteiger partial charge < -0.3 is 9.47 Å². The normalized spacial score (nSPS) is 12.0. The minimum atomic E-state index is -4.58. The predicted molar refractivity (Wildman–Crippen MR) is 142 cm³/mol. The van der Waals surface area contributed by atoms with Crippen molar-refractivity contribution in [3.8, 4) is 5.88 Å². The van der Waals surface area contributed by atoms with E-state index in [4.69, 9.17) is 15.3 Å². The molecule has 0 aliphatic heterocycles. The van der Waals surface area contributed by atoms with Crippen LogP contribution in [0.25, 0.3) is 5.57 Å². The highest BCUT2D eigenvalue weighted by Gasteiger charge is 2.30. The van der Waals surface area contributed by atoms with Crippen molar-refractivity contribution in [3.63, 3.8) is 0 Å². The second-order valence-electron chi connectivity index (χ2n) is 7.38. The van der Waals surface area contributed by atoms with Gasteiger partial charge >= 0.3 is 12.1 Å². The van der Waals surface area contributed by atoms with Gasteiger partial charge in [0.25, 0.3) is 0 Å². The molecular weight excluding hydrogens is 499 g/mol. The van der Waals surface area contributed by atoms with E-state index in [-0.39, 0.29) is 24.7 Å². The number of carbonyl (C=O) groups excluding carboxylic acids is 1. The van der Waals surface area contributed by atoms with E-state index in [2.05, 4.69) is 21.5 Å². The fourth-order valence-electron chi connectivity index (χ4n) is 2.91. The number of allylic oxidation sites excluding steroid dienone is 4. The van der Waals surface area contributed by atoms with Gasteiger partial charge in [-0.3, -0.25) is 15.0 Å². The van der Waals surface area contributed by atoms with Crippen molar-refractivity contribution in [3.05, 3.63) is 83.6 Å². The van der Waals surface area contributed by atoms with Crippen molar-refractivity contribution >= 4 is 17.8 Å². The van der Waals surface area contributed by atoms with Crippen LogP contribution in [0.5, 0.6) is 5.88 Å². The summed E-state index contributed by atoms with van der Waals surface area (Å²) >= 11 is 0. The van der Waals surface area contributed by atoms with E-state index in [9.17, 15) is 18.0 Å². The molecule has 0 atom stereocenters. The number of aromatic nitrogens is 2. The number of aliphatic imine (C=N–C) groups is 1. The molecule has 0 aliphatic carbocycles. The zero-order valence-electron chi connectivity index (χ0n) is 22.2. The van der Waals surface area contributed by atoms with Gasteiger partial charge in [-0.2, -0.15) is 13.2 Å². The van der Waals surface area contributed by atoms with E-state index in [1.807, 2.05) is 26.0 Å². The number of rotatable bonds is 11. The summed E-state index contributed by atoms with van der Waals surface area (Å²) in [6.07, 6.45) is 4.04. The minimum Gasteiger partial charge on any atom is -0.477 e. The largest absolute Gasteiger partial charge is 0.477 e. The SMILES string of the molecule is C=C(/C=C\N(N)/C(C)=C(/C=NC)c1cnc(OCCc2ccncc2)c(C(=O)OCC)c1)C(F)(F)F.CC. The van der Waals surface area contributed by atoms with Crippen LogP contribution in [0.1, 0.15) is 49.2 Å². The molecule has 206 valence electrons. The summed E-state index contributed by atoms with van der Waals surface area (Å²) < 4.78 is 49.1. The highest BCUT2D eigenvalue weighted by molar-refractivity contribution is 6.11. The molecule has 0 saturated heterocycles. The number of hydrazine groups is 1. The molecule has 11 heteroatoms. The van der Waals surface area contributed by atoms with Crippen LogP contribution in [0, 0.1) is 0 Å². The number of carbonyl (C=O) groups is 1. The van der Waals surface area contributed by atoms with Crippen LogP contribution in [0.4, 0.5) is 13.2 Å². The van der Waals surface area contributed by atoms with Gasteiger partial charge in [0.2, 0.25) is 5.88 Å². The third-order valence-electron chi connectivity index (χ3n) is 4.87. The standard InChI is InChI=1S/C25H28F3N5O3.C2H6/c1-5-35-24(34)21-14-20(15-32-23(21)36-13-9-19-6-10-31-11-7-19)22(16-30-4)18(3)33(29)12-8-17(2)25(26,27)28;1-2/h6-8,10-12,14-16H,2,5,9,13,29H2,1,3-4H3;1-2H3/b12-8-,22-18-,30-16?;. The van der Waals surface area contributed by atoms with Crippen molar-refractivity contribution in [2.24, 2.45) is 10.8 Å². The van der Waals surface area contributed by atoms with Crippen LogP contribution < -0.4 is 10.6 Å². The number of hydrogen-bond acceptors (Lipinski definition) is 8. The Bertz CT molecular complexity index is 1150. The Balaban J connectivity index is 0.00000352. The summed E-state index contributed by atoms with van der Waals surface area (Å²) in [6.45, 7) is 10.6. The summed E-state index contributed by atoms with van der Waals surface area (Å²) in [7, 11) is 1.52. The van der Waals surface area contributed by atoms with Gasteiger partial charge in [0.05, 0.1) is 13.2 Å². The lowest BCUT2D eigenvalue weighted by atomic mass is 10.0. The third-order valence-corrected chi connectivity index (χ3v) is 4.87. The molecule has 0 aromatic carbocycles. The molecule has 2 N–H and O–H groups in total. The summed E-state index contributed by atoms with van der Waals surface area (Å²) in [6, 6.07) is 5.22. The molecule has 8 nitrogen and oxygen atoms in total. The predicted octanol–water partition coefficient (Wildman–Crippen LogP) is 5.54. The lowest BCUT2D eigenvalue weighted by molar-refractivity contribution is -0.0878. The molecule has 0 amide bonds. The first kappa shape index (κ1) is 32.0. The fourth-order valence-corrected chi connectivity index (χ4v) is 2.91. The van der Waals surface area contributed by atoms with E-state index in [0.717, 1.165) is 22.8 Å². The number of alkyl halides is 3. The highest BCUT2D eigenvalue weighted by atomic mass is 19.4. The van der Waals surface area contributed by atoms with Gasteiger partial charge in [0, 0.05) is 66.9 Å². The summed E-state index contributed by atoms with van der Waals surface area (Å²) in [5, 5.41) is 0.997. The maximum absolute atomic E-state index is 12.7. The van der Waals surface area contributed by atoms with Gasteiger partial charge in [-0.25, -0.2) is 15.6 Å². The fraction of sp³-hybridized carbons (Fsp3) is 0.333. The van der Waals surface area contributed by atoms with E-state index in [1.165, 1.54) is 25.5 Å². The zero-order chi connectivity index (χ0) is 28.7. The molecular formula is C27H34F3N5O3. The van der Waals surface area contributed by atoms with E-state index < -0.39 is 17.7 Å². The van der Waals surface area contributed by atoms with Gasteiger partial charge in [-0.1, -0.05) is 20.4 Å². The topological polar surface area (TPSA) is 103 Å². The Morgan fingerprint density at radius 1 is 1.26 bits per heavy atom. The highest BCUT2D eigenvalue weighted by Crippen LogP contribution is 2.27. The number of nitrogens with zero attached hydrogens (tertiary/aromatic N) is 4. The average Bonchev–Trinajstić information content (AvgIpc) is 2.91. The molecule has 38 heavy (non-hydrogen) atoms. The number of esters is 1. The van der Waals surface area contributed by atoms with Crippen molar-refractivity contribution in [2.45, 2.75) is 40.3 Å². The number of ether oxygens (including phenoxy) is 2. The first-order chi connectivity index (χ1) is 18.1. The van der Waals surface area contributed by atoms with Crippen LogP contribution >= 0.6 is 0 Å². The smallest absolute Gasteiger partial charge is 0.415 e. The summed E-state index contributed by atoms with van der Waals surface area (Å²) in [5.41, 5.74) is 1.22. The van der Waals surface area contributed by atoms with Crippen molar-refractivity contribution < 1.29 is 27.4 Å². The van der Waals surface area contributed by atoms with E-state index >= 15 is 0 Å².